The number of anilines is 1. The number of methoxy groups -OCH3 is 1. The summed E-state index contributed by atoms with van der Waals surface area (Å²) in [4.78, 5) is 14.9. The van der Waals surface area contributed by atoms with Crippen molar-refractivity contribution in [3.8, 4) is 17.6 Å². The first-order valence-electron chi connectivity index (χ1n) is 11.8. The van der Waals surface area contributed by atoms with Crippen LogP contribution in [0.1, 0.15) is 76.8 Å². The van der Waals surface area contributed by atoms with Crippen molar-refractivity contribution >= 4 is 11.6 Å². The van der Waals surface area contributed by atoms with E-state index in [0.29, 0.717) is 6.42 Å². The topological polar surface area (TPSA) is 61.8 Å². The molecule has 0 spiro atoms. The van der Waals surface area contributed by atoms with E-state index in [2.05, 4.69) is 30.1 Å². The summed E-state index contributed by atoms with van der Waals surface area (Å²) in [6, 6.07) is 3.38. The molecular weight excluding hydrogens is 388 g/mol. The van der Waals surface area contributed by atoms with Crippen molar-refractivity contribution < 1.29 is 14.6 Å². The van der Waals surface area contributed by atoms with Crippen LogP contribution in [0.5, 0.6) is 5.75 Å². The number of ether oxygens (including phenoxy) is 1. The maximum Gasteiger partial charge on any atom is 0.243 e. The maximum atomic E-state index is 12.9. The van der Waals surface area contributed by atoms with E-state index in [4.69, 9.17) is 4.74 Å². The third-order valence-electron chi connectivity index (χ3n) is 6.01. The Labute approximate surface area is 188 Å². The van der Waals surface area contributed by atoms with Gasteiger partial charge in [-0.05, 0) is 24.5 Å². The van der Waals surface area contributed by atoms with Gasteiger partial charge in [0.15, 0.2) is 0 Å². The van der Waals surface area contributed by atoms with Gasteiger partial charge >= 0.3 is 0 Å². The molecule has 2 rings (SSSR count). The summed E-state index contributed by atoms with van der Waals surface area (Å²) in [5.74, 6) is 7.43. The summed E-state index contributed by atoms with van der Waals surface area (Å²) < 4.78 is 5.71. The molecule has 2 N–H and O–H groups in total. The molecule has 172 valence electrons. The minimum atomic E-state index is -0.334. The Morgan fingerprint density at radius 2 is 1.94 bits per heavy atom. The summed E-state index contributed by atoms with van der Waals surface area (Å²) in [6.07, 6.45) is 8.97. The number of hydrogen-bond donors (Lipinski definition) is 2. The standard InChI is InChI=1S/C26H40N2O3/c1-6-7-8-9-10-11-12-13-14-20-15-23-22(24(16-20)31-5)17-21(18-29)27-26(30)25(19(2)3)28(23)4/h15-16,19,21,25,29H,6-12,17-18H2,1-5H3,(H,27,30)/t21-,25-/m0/s1. The molecule has 0 saturated heterocycles. The molecule has 0 aromatic heterocycles. The third-order valence-corrected chi connectivity index (χ3v) is 6.01. The highest BCUT2D eigenvalue weighted by Crippen LogP contribution is 2.35. The van der Waals surface area contributed by atoms with E-state index >= 15 is 0 Å². The van der Waals surface area contributed by atoms with Crippen molar-refractivity contribution in [3.05, 3.63) is 23.3 Å². The molecule has 0 bridgehead atoms. The number of amides is 1. The van der Waals surface area contributed by atoms with Gasteiger partial charge in [0.25, 0.3) is 0 Å². The van der Waals surface area contributed by atoms with E-state index in [1.165, 1.54) is 32.1 Å². The van der Waals surface area contributed by atoms with Crippen LogP contribution in [0, 0.1) is 17.8 Å². The van der Waals surface area contributed by atoms with E-state index in [9.17, 15) is 9.90 Å². The average Bonchev–Trinajstić information content (AvgIpc) is 2.74. The predicted octanol–water partition coefficient (Wildman–Crippen LogP) is 4.29. The SMILES string of the molecule is CCCCCCCCC#Cc1cc(OC)c2c(c1)N(C)[C@@H](C(C)C)C(=O)N[C@H](CO)C2. The number of carbonyl (C=O) groups excluding carboxylic acids is 1. The highest BCUT2D eigenvalue weighted by molar-refractivity contribution is 5.87. The highest BCUT2D eigenvalue weighted by atomic mass is 16.5. The molecule has 1 aliphatic heterocycles. The van der Waals surface area contributed by atoms with Crippen LogP contribution in [0.15, 0.2) is 12.1 Å². The Hall–Kier alpha value is -2.19. The van der Waals surface area contributed by atoms with E-state index in [1.807, 2.05) is 31.9 Å². The molecule has 1 amide bonds. The van der Waals surface area contributed by atoms with Gasteiger partial charge in [-0.25, -0.2) is 0 Å². The third kappa shape index (κ3) is 6.90. The summed E-state index contributed by atoms with van der Waals surface area (Å²) in [6.45, 7) is 6.21. The summed E-state index contributed by atoms with van der Waals surface area (Å²) in [7, 11) is 3.61. The molecule has 0 radical (unpaired) electrons. The highest BCUT2D eigenvalue weighted by Gasteiger charge is 2.33. The van der Waals surface area contributed by atoms with Crippen molar-refractivity contribution in [2.75, 3.05) is 25.7 Å². The van der Waals surface area contributed by atoms with Gasteiger partial charge in [0.1, 0.15) is 11.8 Å². The van der Waals surface area contributed by atoms with Crippen LogP contribution in [-0.4, -0.2) is 43.9 Å². The van der Waals surface area contributed by atoms with Crippen LogP contribution < -0.4 is 15.0 Å². The van der Waals surface area contributed by atoms with Gasteiger partial charge in [-0.3, -0.25) is 4.79 Å². The minimum absolute atomic E-state index is 0.0549. The lowest BCUT2D eigenvalue weighted by molar-refractivity contribution is -0.124. The number of unbranched alkanes of at least 4 members (excludes halogenated alkanes) is 6. The van der Waals surface area contributed by atoms with Crippen LogP contribution in [0.3, 0.4) is 0 Å². The Morgan fingerprint density at radius 1 is 1.23 bits per heavy atom. The first-order valence-corrected chi connectivity index (χ1v) is 11.8. The molecule has 0 aliphatic carbocycles. The molecule has 1 aromatic carbocycles. The van der Waals surface area contributed by atoms with Crippen LogP contribution in [0.25, 0.3) is 0 Å². The quantitative estimate of drug-likeness (QED) is 0.455. The fourth-order valence-electron chi connectivity index (χ4n) is 4.33. The monoisotopic (exact) mass is 428 g/mol. The largest absolute Gasteiger partial charge is 0.496 e. The van der Waals surface area contributed by atoms with E-state index in [-0.39, 0.29) is 30.5 Å². The molecule has 31 heavy (non-hydrogen) atoms. The van der Waals surface area contributed by atoms with Crippen LogP contribution >= 0.6 is 0 Å². The molecule has 0 saturated carbocycles. The Bertz CT molecular complexity index is 779. The lowest BCUT2D eigenvalue weighted by atomic mass is 9.93. The summed E-state index contributed by atoms with van der Waals surface area (Å²) in [5, 5.41) is 12.8. The minimum Gasteiger partial charge on any atom is -0.496 e. The van der Waals surface area contributed by atoms with Crippen LogP contribution in [0.4, 0.5) is 5.69 Å². The summed E-state index contributed by atoms with van der Waals surface area (Å²) in [5.41, 5.74) is 2.85. The lowest BCUT2D eigenvalue weighted by Crippen LogP contribution is -2.54. The van der Waals surface area contributed by atoms with Crippen molar-refractivity contribution in [3.63, 3.8) is 0 Å². The number of hydrogen-bond acceptors (Lipinski definition) is 4. The molecule has 5 heteroatoms. The number of fused-ring (bicyclic) bond motifs is 1. The second-order valence-electron chi connectivity index (χ2n) is 8.89. The number of aliphatic hydroxyl groups excluding tert-OH is 1. The van der Waals surface area contributed by atoms with Crippen molar-refractivity contribution in [2.24, 2.45) is 5.92 Å². The number of nitrogens with one attached hydrogen (secondary N) is 1. The number of rotatable bonds is 9. The fraction of sp³-hybridized carbons (Fsp3) is 0.654. The van der Waals surface area contributed by atoms with Gasteiger partial charge in [0.05, 0.1) is 19.8 Å². The summed E-state index contributed by atoms with van der Waals surface area (Å²) >= 11 is 0. The second-order valence-corrected chi connectivity index (χ2v) is 8.89. The van der Waals surface area contributed by atoms with Crippen molar-refractivity contribution in [2.45, 2.75) is 84.2 Å². The number of carbonyl (C=O) groups is 1. The number of benzene rings is 1. The zero-order chi connectivity index (χ0) is 22.8. The number of aliphatic hydroxyl groups is 1. The van der Waals surface area contributed by atoms with E-state index in [1.54, 1.807) is 7.11 Å². The van der Waals surface area contributed by atoms with Crippen LogP contribution in [0.2, 0.25) is 0 Å². The molecule has 0 unspecified atom stereocenters. The maximum absolute atomic E-state index is 12.9. The van der Waals surface area contributed by atoms with E-state index in [0.717, 1.165) is 35.4 Å². The smallest absolute Gasteiger partial charge is 0.243 e. The van der Waals surface area contributed by atoms with Crippen molar-refractivity contribution in [1.29, 1.82) is 0 Å². The Kier molecular flexibility index (Phi) is 10.2. The van der Waals surface area contributed by atoms with Crippen molar-refractivity contribution in [1.82, 2.24) is 5.32 Å². The van der Waals surface area contributed by atoms with E-state index < -0.39 is 0 Å². The molecule has 2 atom stereocenters. The zero-order valence-electron chi connectivity index (χ0n) is 20.0. The normalized spacial score (nSPS) is 18.5. The van der Waals surface area contributed by atoms with Gasteiger partial charge in [0, 0.05) is 36.7 Å². The Morgan fingerprint density at radius 3 is 2.58 bits per heavy atom. The number of nitrogens with zero attached hydrogens (tertiary/aromatic N) is 1. The van der Waals surface area contributed by atoms with Gasteiger partial charge < -0.3 is 20.1 Å². The first-order chi connectivity index (χ1) is 14.9. The lowest BCUT2D eigenvalue weighted by Gasteiger charge is -2.37. The molecular formula is C26H40N2O3. The molecule has 0 fully saturated rings. The Balaban J connectivity index is 2.28. The molecule has 1 heterocycles. The van der Waals surface area contributed by atoms with Gasteiger partial charge in [-0.2, -0.15) is 0 Å². The van der Waals surface area contributed by atoms with Gasteiger partial charge in [0.2, 0.25) is 5.91 Å². The average molecular weight is 429 g/mol. The van der Waals surface area contributed by atoms with Crippen LogP contribution in [-0.2, 0) is 11.2 Å². The predicted molar refractivity (Wildman–Crippen MR) is 128 cm³/mol. The molecule has 1 aliphatic rings. The zero-order valence-corrected chi connectivity index (χ0v) is 20.0. The first kappa shape index (κ1) is 25.1. The van der Waals surface area contributed by atoms with Gasteiger partial charge in [-0.1, -0.05) is 64.7 Å². The molecule has 5 nitrogen and oxygen atoms in total. The number of likely N-dealkylation sites (N-methyl/N-ethyl adjacent to an activating group) is 1. The van der Waals surface area contributed by atoms with Gasteiger partial charge in [-0.15, -0.1) is 0 Å². The second kappa shape index (κ2) is 12.6. The fourth-order valence-corrected chi connectivity index (χ4v) is 4.33. The molecule has 1 aromatic rings.